The Hall–Kier alpha value is -4.21. The van der Waals surface area contributed by atoms with Crippen molar-refractivity contribution >= 4 is 33.0 Å². The monoisotopic (exact) mass is 580 g/mol. The summed E-state index contributed by atoms with van der Waals surface area (Å²) >= 11 is 0. The summed E-state index contributed by atoms with van der Waals surface area (Å²) in [7, 11) is -3.93. The minimum atomic E-state index is -3.93. The molecule has 2 saturated heterocycles. The molecule has 2 aliphatic rings. The first-order valence-corrected chi connectivity index (χ1v) is 14.9. The predicted molar refractivity (Wildman–Crippen MR) is 152 cm³/mol. The van der Waals surface area contributed by atoms with Crippen LogP contribution in [0.5, 0.6) is 0 Å². The van der Waals surface area contributed by atoms with Crippen LogP contribution in [0, 0.1) is 23.0 Å². The first-order valence-electron chi connectivity index (χ1n) is 13.3. The Labute approximate surface area is 237 Å². The van der Waals surface area contributed by atoms with Gasteiger partial charge < -0.3 is 20.0 Å². The Morgan fingerprint density at radius 3 is 2.15 bits per heavy atom. The second-order valence-corrected chi connectivity index (χ2v) is 11.6. The maximum Gasteiger partial charge on any atom is 0.257 e. The molecule has 2 fully saturated rings. The van der Waals surface area contributed by atoms with Crippen LogP contribution in [0.4, 0.5) is 25.8 Å². The van der Waals surface area contributed by atoms with Gasteiger partial charge in [-0.25, -0.2) is 22.3 Å². The third-order valence-electron chi connectivity index (χ3n) is 7.61. The standard InChI is InChI=1S/C29H30F2N6O3S/c30-23-10-9-22(29(38)37-17-15-36(16-18-37)25-7-3-4-8-26(25)41(33,39)40)27(31)28(23)34-21-11-13-35(14-12-21)24-6-2-1-5-20(24)19-32/h1-10,21,34H,11-18H2,(H2,33,39,40). The highest BCUT2D eigenvalue weighted by Gasteiger charge is 2.29. The maximum absolute atomic E-state index is 15.6. The molecule has 0 saturated carbocycles. The van der Waals surface area contributed by atoms with Crippen LogP contribution in [-0.2, 0) is 10.0 Å². The number of sulfonamides is 1. The van der Waals surface area contributed by atoms with Gasteiger partial charge in [0.1, 0.15) is 22.5 Å². The Morgan fingerprint density at radius 2 is 1.49 bits per heavy atom. The molecule has 3 aromatic carbocycles. The molecule has 0 aliphatic carbocycles. The smallest absolute Gasteiger partial charge is 0.257 e. The molecule has 9 nitrogen and oxygen atoms in total. The van der Waals surface area contributed by atoms with Gasteiger partial charge in [-0.2, -0.15) is 5.26 Å². The number of halogens is 2. The molecular formula is C29H30F2N6O3S. The molecule has 214 valence electrons. The average Bonchev–Trinajstić information content (AvgIpc) is 2.99. The number of piperidine rings is 1. The Morgan fingerprint density at radius 1 is 0.878 bits per heavy atom. The molecule has 2 heterocycles. The molecule has 3 aromatic rings. The van der Waals surface area contributed by atoms with E-state index < -0.39 is 27.6 Å². The fraction of sp³-hybridized carbons (Fsp3) is 0.310. The second-order valence-electron chi connectivity index (χ2n) is 10.1. The van der Waals surface area contributed by atoms with Crippen molar-refractivity contribution in [3.63, 3.8) is 0 Å². The minimum Gasteiger partial charge on any atom is -0.377 e. The molecular weight excluding hydrogens is 550 g/mol. The van der Waals surface area contributed by atoms with Gasteiger partial charge in [0.2, 0.25) is 10.0 Å². The summed E-state index contributed by atoms with van der Waals surface area (Å²) in [6.07, 6.45) is 1.19. The number of nitrogens with two attached hydrogens (primary N) is 1. The lowest BCUT2D eigenvalue weighted by molar-refractivity contribution is 0.0742. The van der Waals surface area contributed by atoms with E-state index in [1.165, 1.54) is 11.0 Å². The number of hydrogen-bond donors (Lipinski definition) is 2. The van der Waals surface area contributed by atoms with E-state index >= 15 is 4.39 Å². The molecule has 5 rings (SSSR count). The molecule has 0 aromatic heterocycles. The van der Waals surface area contributed by atoms with Crippen molar-refractivity contribution in [1.29, 1.82) is 5.26 Å². The summed E-state index contributed by atoms with van der Waals surface area (Å²) in [5.41, 5.74) is 1.31. The number of carbonyl (C=O) groups excluding carboxylic acids is 1. The van der Waals surface area contributed by atoms with Crippen LogP contribution in [0.3, 0.4) is 0 Å². The summed E-state index contributed by atoms with van der Waals surface area (Å²) in [5.74, 6) is -2.28. The molecule has 0 atom stereocenters. The summed E-state index contributed by atoms with van der Waals surface area (Å²) < 4.78 is 54.3. The first kappa shape index (κ1) is 28.3. The van der Waals surface area contributed by atoms with Crippen LogP contribution in [0.1, 0.15) is 28.8 Å². The van der Waals surface area contributed by atoms with Gasteiger partial charge in [0.15, 0.2) is 5.82 Å². The predicted octanol–water partition coefficient (Wildman–Crippen LogP) is 3.53. The number of anilines is 3. The van der Waals surface area contributed by atoms with Crippen molar-refractivity contribution in [3.8, 4) is 6.07 Å². The Balaban J connectivity index is 1.24. The van der Waals surface area contributed by atoms with Crippen LogP contribution in [0.15, 0.2) is 65.6 Å². The fourth-order valence-corrected chi connectivity index (χ4v) is 6.20. The molecule has 12 heteroatoms. The quantitative estimate of drug-likeness (QED) is 0.457. The van der Waals surface area contributed by atoms with Crippen molar-refractivity contribution in [2.45, 2.75) is 23.8 Å². The number of nitrogens with one attached hydrogen (secondary N) is 1. The van der Waals surface area contributed by atoms with E-state index in [0.29, 0.717) is 50.3 Å². The zero-order valence-corrected chi connectivity index (χ0v) is 23.1. The second kappa shape index (κ2) is 11.7. The Kier molecular flexibility index (Phi) is 8.10. The normalized spacial score (nSPS) is 16.4. The van der Waals surface area contributed by atoms with E-state index in [1.54, 1.807) is 24.3 Å². The van der Waals surface area contributed by atoms with Crippen LogP contribution < -0.4 is 20.3 Å². The van der Waals surface area contributed by atoms with E-state index in [0.717, 1.165) is 17.8 Å². The fourth-order valence-electron chi connectivity index (χ4n) is 5.44. The molecule has 0 bridgehead atoms. The number of piperazine rings is 1. The number of nitriles is 1. The number of hydrogen-bond acceptors (Lipinski definition) is 7. The molecule has 1 amide bonds. The number of para-hydroxylation sites is 2. The lowest BCUT2D eigenvalue weighted by Crippen LogP contribution is -2.49. The number of rotatable bonds is 6. The maximum atomic E-state index is 15.6. The molecule has 3 N–H and O–H groups in total. The SMILES string of the molecule is N#Cc1ccccc1N1CCC(Nc2c(F)ccc(C(=O)N3CCN(c4ccccc4S(N)(=O)=O)CC3)c2F)CC1. The van der Waals surface area contributed by atoms with E-state index in [2.05, 4.69) is 16.3 Å². The van der Waals surface area contributed by atoms with Crippen molar-refractivity contribution in [2.24, 2.45) is 5.14 Å². The average molecular weight is 581 g/mol. The first-order chi connectivity index (χ1) is 19.7. The third kappa shape index (κ3) is 5.96. The molecule has 41 heavy (non-hydrogen) atoms. The highest BCUT2D eigenvalue weighted by atomic mass is 32.2. The van der Waals surface area contributed by atoms with Gasteiger partial charge >= 0.3 is 0 Å². The van der Waals surface area contributed by atoms with Crippen molar-refractivity contribution in [3.05, 3.63) is 83.4 Å². The zero-order valence-electron chi connectivity index (χ0n) is 22.3. The summed E-state index contributed by atoms with van der Waals surface area (Å²) in [4.78, 5) is 18.7. The van der Waals surface area contributed by atoms with Crippen LogP contribution in [0.2, 0.25) is 0 Å². The van der Waals surface area contributed by atoms with E-state index in [1.807, 2.05) is 23.1 Å². The number of amides is 1. The number of carbonyl (C=O) groups is 1. The van der Waals surface area contributed by atoms with Gasteiger partial charge in [-0.15, -0.1) is 0 Å². The molecule has 0 radical (unpaired) electrons. The van der Waals surface area contributed by atoms with Gasteiger partial charge in [0, 0.05) is 45.3 Å². The van der Waals surface area contributed by atoms with E-state index in [9.17, 15) is 22.9 Å². The van der Waals surface area contributed by atoms with Crippen molar-refractivity contribution < 1.29 is 22.0 Å². The minimum absolute atomic E-state index is 0.000164. The van der Waals surface area contributed by atoms with Crippen LogP contribution >= 0.6 is 0 Å². The number of nitrogens with zero attached hydrogens (tertiary/aromatic N) is 4. The van der Waals surface area contributed by atoms with Gasteiger partial charge in [0.05, 0.1) is 22.5 Å². The highest BCUT2D eigenvalue weighted by molar-refractivity contribution is 7.89. The lowest BCUT2D eigenvalue weighted by atomic mass is 10.0. The Bertz CT molecular complexity index is 1590. The summed E-state index contributed by atoms with van der Waals surface area (Å²) in [6.45, 7) is 2.30. The van der Waals surface area contributed by atoms with Gasteiger partial charge in [-0.1, -0.05) is 24.3 Å². The van der Waals surface area contributed by atoms with Crippen LogP contribution in [0.25, 0.3) is 0 Å². The zero-order chi connectivity index (χ0) is 29.1. The van der Waals surface area contributed by atoms with E-state index in [4.69, 9.17) is 5.14 Å². The molecule has 0 unspecified atom stereocenters. The number of benzene rings is 3. The van der Waals surface area contributed by atoms with Gasteiger partial charge in [-0.05, 0) is 49.2 Å². The molecule has 0 spiro atoms. The van der Waals surface area contributed by atoms with Gasteiger partial charge in [-0.3, -0.25) is 4.79 Å². The lowest BCUT2D eigenvalue weighted by Gasteiger charge is -2.37. The largest absolute Gasteiger partial charge is 0.377 e. The topological polar surface area (TPSA) is 123 Å². The summed E-state index contributed by atoms with van der Waals surface area (Å²) in [5, 5.41) is 17.7. The highest BCUT2D eigenvalue weighted by Crippen LogP contribution is 2.30. The summed E-state index contributed by atoms with van der Waals surface area (Å²) in [6, 6.07) is 17.9. The van der Waals surface area contributed by atoms with Crippen molar-refractivity contribution in [1.82, 2.24) is 4.90 Å². The van der Waals surface area contributed by atoms with Gasteiger partial charge in [0.25, 0.3) is 5.91 Å². The van der Waals surface area contributed by atoms with Crippen molar-refractivity contribution in [2.75, 3.05) is 54.4 Å². The molecule has 2 aliphatic heterocycles. The van der Waals surface area contributed by atoms with Crippen LogP contribution in [-0.4, -0.2) is 64.5 Å². The van der Waals surface area contributed by atoms with E-state index in [-0.39, 0.29) is 35.3 Å². The third-order valence-corrected chi connectivity index (χ3v) is 8.57. The number of primary sulfonamides is 1.